The normalized spacial score (nSPS) is 25.1. The van der Waals surface area contributed by atoms with Crippen LogP contribution >= 0.6 is 23.5 Å². The molecule has 0 amide bonds. The monoisotopic (exact) mass is 514 g/mol. The van der Waals surface area contributed by atoms with E-state index >= 15 is 0 Å². The lowest BCUT2D eigenvalue weighted by Gasteiger charge is -2.39. The Morgan fingerprint density at radius 3 is 2.86 bits per heavy atom. The second-order valence-electron chi connectivity index (χ2n) is 9.22. The molecule has 1 aliphatic carbocycles. The maximum absolute atomic E-state index is 12.5. The Labute approximate surface area is 221 Å². The van der Waals surface area contributed by atoms with Crippen LogP contribution in [0.4, 0.5) is 0 Å². The van der Waals surface area contributed by atoms with Crippen LogP contribution in [0.1, 0.15) is 32.8 Å². The number of hydrogen-bond acceptors (Lipinski definition) is 6. The number of aliphatic hydroxyl groups is 1. The van der Waals surface area contributed by atoms with Crippen molar-refractivity contribution < 1.29 is 5.11 Å². The maximum atomic E-state index is 12.5. The Balaban J connectivity index is 1.63. The summed E-state index contributed by atoms with van der Waals surface area (Å²) >= 11 is 7.74. The van der Waals surface area contributed by atoms with Gasteiger partial charge in [-0.05, 0) is 65.5 Å². The molecule has 7 heteroatoms. The average molecular weight is 515 g/mol. The molecule has 1 N–H and O–H groups in total. The molecule has 3 atom stereocenters. The van der Waals surface area contributed by atoms with Crippen LogP contribution in [0.3, 0.4) is 0 Å². The fourth-order valence-electron chi connectivity index (χ4n) is 5.03. The molecule has 4 aliphatic rings. The van der Waals surface area contributed by atoms with E-state index in [1.165, 1.54) is 11.9 Å². The predicted molar refractivity (Wildman–Crippen MR) is 153 cm³/mol. The summed E-state index contributed by atoms with van der Waals surface area (Å²) in [6, 6.07) is 7.42. The third-order valence-corrected chi connectivity index (χ3v) is 7.85. The van der Waals surface area contributed by atoms with Crippen molar-refractivity contribution in [2.75, 3.05) is 0 Å². The highest BCUT2D eigenvalue weighted by molar-refractivity contribution is 8.01. The Morgan fingerprint density at radius 1 is 1.17 bits per heavy atom. The Morgan fingerprint density at radius 2 is 2.03 bits per heavy atom. The van der Waals surface area contributed by atoms with Gasteiger partial charge in [0.15, 0.2) is 0 Å². The molecule has 1 aromatic rings. The fraction of sp³-hybridized carbons (Fsp3) is 0.241. The molecular formula is C29H27ClN4OS. The molecule has 0 fully saturated rings. The summed E-state index contributed by atoms with van der Waals surface area (Å²) < 4.78 is 4.15. The molecular weight excluding hydrogens is 488 g/mol. The Kier molecular flexibility index (Phi) is 6.93. The SMILES string of the molecule is CC1=C(C)C(C2=CSN=CN=C2)=NC2C1=CC(C(O)(C1=CC=CN=CC1)c1cccc(Cl)c1)=CC2C. The molecule has 0 radical (unpaired) electrons. The van der Waals surface area contributed by atoms with E-state index in [1.54, 1.807) is 12.5 Å². The number of fused-ring (bicyclic) bond motifs is 1. The van der Waals surface area contributed by atoms with Crippen LogP contribution in [0, 0.1) is 5.92 Å². The van der Waals surface area contributed by atoms with Crippen molar-refractivity contribution in [2.24, 2.45) is 25.3 Å². The highest BCUT2D eigenvalue weighted by atomic mass is 35.5. The van der Waals surface area contributed by atoms with Crippen LogP contribution in [-0.4, -0.2) is 35.6 Å². The molecule has 3 heterocycles. The standard InChI is InChI=1S/C29H27ClN4OS/c1-18-12-24(29(35,22-7-5-10-31-11-9-22)23-6-4-8-25(30)13-23)14-26-19(2)20(3)28(34-27(18)26)21-15-32-17-33-36-16-21/h4-8,10-18,27,35H,9H2,1-3H3. The van der Waals surface area contributed by atoms with Gasteiger partial charge in [-0.3, -0.25) is 9.98 Å². The molecule has 0 spiro atoms. The van der Waals surface area contributed by atoms with Gasteiger partial charge in [0.2, 0.25) is 0 Å². The first-order valence-electron chi connectivity index (χ1n) is 11.9. The Hall–Kier alpha value is -3.06. The second kappa shape index (κ2) is 10.1. The number of benzene rings is 1. The third-order valence-electron chi connectivity index (χ3n) is 7.04. The van der Waals surface area contributed by atoms with Crippen LogP contribution in [0.15, 0.2) is 113 Å². The summed E-state index contributed by atoms with van der Waals surface area (Å²) in [7, 11) is 0. The van der Waals surface area contributed by atoms with E-state index in [4.69, 9.17) is 16.6 Å². The van der Waals surface area contributed by atoms with E-state index in [0.29, 0.717) is 11.4 Å². The summed E-state index contributed by atoms with van der Waals surface area (Å²) in [5.74, 6) is 0.0616. The quantitative estimate of drug-likeness (QED) is 0.451. The van der Waals surface area contributed by atoms with E-state index in [2.05, 4.69) is 47.3 Å². The van der Waals surface area contributed by atoms with Gasteiger partial charge in [-0.2, -0.15) is 0 Å². The zero-order valence-electron chi connectivity index (χ0n) is 20.4. The minimum atomic E-state index is -1.36. The van der Waals surface area contributed by atoms with Gasteiger partial charge in [0, 0.05) is 58.9 Å². The summed E-state index contributed by atoms with van der Waals surface area (Å²) in [4.78, 5) is 13.7. The molecule has 182 valence electrons. The molecule has 1 aromatic carbocycles. The van der Waals surface area contributed by atoms with Crippen LogP contribution in [0.5, 0.6) is 0 Å². The smallest absolute Gasteiger partial charge is 0.137 e. The number of aliphatic imine (C=N–C) groups is 3. The Bertz CT molecular complexity index is 1410. The van der Waals surface area contributed by atoms with Gasteiger partial charge in [0.1, 0.15) is 11.9 Å². The fourth-order valence-corrected chi connectivity index (χ4v) is 5.68. The van der Waals surface area contributed by atoms with Gasteiger partial charge in [-0.15, -0.1) is 0 Å². The number of hydrogen-bond donors (Lipinski definition) is 1. The summed E-state index contributed by atoms with van der Waals surface area (Å²) in [6.07, 6.45) is 15.5. The van der Waals surface area contributed by atoms with Crippen LogP contribution in [0.2, 0.25) is 5.02 Å². The van der Waals surface area contributed by atoms with Crippen molar-refractivity contribution in [3.63, 3.8) is 0 Å². The summed E-state index contributed by atoms with van der Waals surface area (Å²) in [5.41, 5.74) is 6.32. The number of rotatable bonds is 4. The number of nitrogens with zero attached hydrogens (tertiary/aromatic N) is 4. The minimum Gasteiger partial charge on any atom is -0.376 e. The lowest BCUT2D eigenvalue weighted by molar-refractivity contribution is 0.117. The van der Waals surface area contributed by atoms with Crippen LogP contribution < -0.4 is 0 Å². The van der Waals surface area contributed by atoms with E-state index in [9.17, 15) is 5.11 Å². The summed E-state index contributed by atoms with van der Waals surface area (Å²) in [6.45, 7) is 6.38. The topological polar surface area (TPSA) is 69.7 Å². The largest absolute Gasteiger partial charge is 0.376 e. The van der Waals surface area contributed by atoms with Crippen molar-refractivity contribution in [1.82, 2.24) is 0 Å². The first-order valence-corrected chi connectivity index (χ1v) is 13.1. The van der Waals surface area contributed by atoms with Crippen LogP contribution in [-0.2, 0) is 5.60 Å². The lowest BCUT2D eigenvalue weighted by atomic mass is 9.71. The lowest BCUT2D eigenvalue weighted by Crippen LogP contribution is -2.36. The predicted octanol–water partition coefficient (Wildman–Crippen LogP) is 6.75. The van der Waals surface area contributed by atoms with Gasteiger partial charge in [-0.1, -0.05) is 48.9 Å². The maximum Gasteiger partial charge on any atom is 0.137 e. The minimum absolute atomic E-state index is 0.0518. The van der Waals surface area contributed by atoms with E-state index in [-0.39, 0.29) is 12.0 Å². The highest BCUT2D eigenvalue weighted by Gasteiger charge is 2.41. The summed E-state index contributed by atoms with van der Waals surface area (Å²) in [5, 5.41) is 15.1. The molecule has 5 nitrogen and oxygen atoms in total. The molecule has 3 aliphatic heterocycles. The zero-order valence-corrected chi connectivity index (χ0v) is 22.0. The molecule has 0 saturated heterocycles. The molecule has 0 aromatic heterocycles. The van der Waals surface area contributed by atoms with Crippen LogP contribution in [0.25, 0.3) is 0 Å². The number of allylic oxidation sites excluding steroid dienone is 4. The zero-order chi connectivity index (χ0) is 25.3. The third kappa shape index (κ3) is 4.45. The van der Waals surface area contributed by atoms with Crippen molar-refractivity contribution in [3.8, 4) is 0 Å². The van der Waals surface area contributed by atoms with E-state index in [1.807, 2.05) is 54.3 Å². The molecule has 0 saturated carbocycles. The molecule has 5 rings (SSSR count). The first-order chi connectivity index (χ1) is 17.4. The average Bonchev–Trinajstić information content (AvgIpc) is 3.32. The van der Waals surface area contributed by atoms with E-state index in [0.717, 1.165) is 44.7 Å². The van der Waals surface area contributed by atoms with Crippen molar-refractivity contribution >= 4 is 48.0 Å². The van der Waals surface area contributed by atoms with Gasteiger partial charge < -0.3 is 5.11 Å². The highest BCUT2D eigenvalue weighted by Crippen LogP contribution is 2.46. The molecule has 36 heavy (non-hydrogen) atoms. The molecule has 0 bridgehead atoms. The number of halogens is 1. The van der Waals surface area contributed by atoms with E-state index < -0.39 is 5.60 Å². The number of dihydropyridines is 1. The first kappa shape index (κ1) is 24.6. The van der Waals surface area contributed by atoms with Gasteiger partial charge >= 0.3 is 0 Å². The second-order valence-corrected chi connectivity index (χ2v) is 10.3. The van der Waals surface area contributed by atoms with Crippen molar-refractivity contribution in [3.05, 3.63) is 104 Å². The molecule has 3 unspecified atom stereocenters. The van der Waals surface area contributed by atoms with Crippen molar-refractivity contribution in [1.29, 1.82) is 0 Å². The van der Waals surface area contributed by atoms with Gasteiger partial charge in [0.25, 0.3) is 0 Å². The van der Waals surface area contributed by atoms with Gasteiger partial charge in [0.05, 0.1) is 11.8 Å². The van der Waals surface area contributed by atoms with Gasteiger partial charge in [-0.25, -0.2) is 9.39 Å². The van der Waals surface area contributed by atoms with Crippen molar-refractivity contribution in [2.45, 2.75) is 38.8 Å².